The van der Waals surface area contributed by atoms with Crippen molar-refractivity contribution in [1.29, 1.82) is 0 Å². The predicted octanol–water partition coefficient (Wildman–Crippen LogP) is 1.54. The van der Waals surface area contributed by atoms with Crippen LogP contribution in [-0.4, -0.2) is 16.1 Å². The van der Waals surface area contributed by atoms with Crippen LogP contribution in [0.15, 0.2) is 6.07 Å². The van der Waals surface area contributed by atoms with E-state index in [1.54, 1.807) is 0 Å². The van der Waals surface area contributed by atoms with Crippen molar-refractivity contribution in [2.75, 3.05) is 5.73 Å². The van der Waals surface area contributed by atoms with Gasteiger partial charge in [-0.15, -0.1) is 0 Å². The first kappa shape index (κ1) is 11.4. The Kier molecular flexibility index (Phi) is 3.18. The van der Waals surface area contributed by atoms with Crippen LogP contribution in [0, 0.1) is 6.92 Å². The highest BCUT2D eigenvalue weighted by Crippen LogP contribution is 2.25. The highest BCUT2D eigenvalue weighted by molar-refractivity contribution is 5.70. The third-order valence-electron chi connectivity index (χ3n) is 1.92. The molecular weight excluding hydrogens is 206 g/mol. The van der Waals surface area contributed by atoms with Crippen molar-refractivity contribution in [2.24, 2.45) is 0 Å². The van der Waals surface area contributed by atoms with Crippen LogP contribution < -0.4 is 5.73 Å². The van der Waals surface area contributed by atoms with Gasteiger partial charge in [-0.25, -0.2) is 8.78 Å². The molecule has 0 unspecified atom stereocenters. The van der Waals surface area contributed by atoms with Crippen LogP contribution in [0.4, 0.5) is 14.5 Å². The number of nitrogens with zero attached hydrogens (tertiary/aromatic N) is 1. The standard InChI is InChI=1S/C9H10F2N2O2/c1-4-6(12)2-5(9(10)11)7(13-4)3-8(14)15/h2,9H,3,12H2,1H3,(H,14,15). The maximum atomic E-state index is 12.5. The molecule has 1 aromatic heterocycles. The maximum absolute atomic E-state index is 12.5. The average molecular weight is 216 g/mol. The van der Waals surface area contributed by atoms with Crippen LogP contribution in [0.1, 0.15) is 23.4 Å². The molecule has 0 saturated heterocycles. The summed E-state index contributed by atoms with van der Waals surface area (Å²) in [6.45, 7) is 1.54. The molecule has 0 aromatic carbocycles. The van der Waals surface area contributed by atoms with E-state index in [0.717, 1.165) is 6.07 Å². The Hall–Kier alpha value is -1.72. The summed E-state index contributed by atoms with van der Waals surface area (Å²) >= 11 is 0. The second-order valence-electron chi connectivity index (χ2n) is 3.07. The van der Waals surface area contributed by atoms with Crippen LogP contribution in [-0.2, 0) is 11.2 Å². The number of nitrogen functional groups attached to an aromatic ring is 1. The van der Waals surface area contributed by atoms with Crippen molar-refractivity contribution >= 4 is 11.7 Å². The molecule has 0 atom stereocenters. The van der Waals surface area contributed by atoms with Crippen LogP contribution in [0.3, 0.4) is 0 Å². The van der Waals surface area contributed by atoms with Gasteiger partial charge >= 0.3 is 5.97 Å². The SMILES string of the molecule is Cc1nc(CC(=O)O)c(C(F)F)cc1N. The normalized spacial score (nSPS) is 10.7. The first-order valence-corrected chi connectivity index (χ1v) is 4.17. The molecule has 3 N–H and O–H groups in total. The largest absolute Gasteiger partial charge is 0.481 e. The van der Waals surface area contributed by atoms with Gasteiger partial charge in [-0.2, -0.15) is 0 Å². The van der Waals surface area contributed by atoms with E-state index in [9.17, 15) is 13.6 Å². The van der Waals surface area contributed by atoms with Gasteiger partial charge in [-0.3, -0.25) is 9.78 Å². The number of rotatable bonds is 3. The minimum atomic E-state index is -2.77. The predicted molar refractivity (Wildman–Crippen MR) is 49.7 cm³/mol. The molecule has 82 valence electrons. The van der Waals surface area contributed by atoms with Gasteiger partial charge in [0.15, 0.2) is 0 Å². The molecule has 0 spiro atoms. The highest BCUT2D eigenvalue weighted by Gasteiger charge is 2.18. The van der Waals surface area contributed by atoms with Crippen molar-refractivity contribution in [3.8, 4) is 0 Å². The monoisotopic (exact) mass is 216 g/mol. The minimum Gasteiger partial charge on any atom is -0.481 e. The fourth-order valence-corrected chi connectivity index (χ4v) is 1.16. The first-order valence-electron chi connectivity index (χ1n) is 4.17. The summed E-state index contributed by atoms with van der Waals surface area (Å²) in [5, 5.41) is 8.52. The summed E-state index contributed by atoms with van der Waals surface area (Å²) < 4.78 is 25.0. The lowest BCUT2D eigenvalue weighted by atomic mass is 10.1. The summed E-state index contributed by atoms with van der Waals surface area (Å²) in [5.41, 5.74) is 5.36. The lowest BCUT2D eigenvalue weighted by Gasteiger charge is -2.09. The van der Waals surface area contributed by atoms with Gasteiger partial charge in [0.1, 0.15) is 0 Å². The number of pyridine rings is 1. The number of carboxylic acid groups (broad SMARTS) is 1. The zero-order chi connectivity index (χ0) is 11.6. The third kappa shape index (κ3) is 2.61. The number of alkyl halides is 2. The Morgan fingerprint density at radius 2 is 2.27 bits per heavy atom. The van der Waals surface area contributed by atoms with Crippen molar-refractivity contribution in [2.45, 2.75) is 19.8 Å². The highest BCUT2D eigenvalue weighted by atomic mass is 19.3. The molecule has 1 heterocycles. The number of aryl methyl sites for hydroxylation is 1. The van der Waals surface area contributed by atoms with Crippen molar-refractivity contribution < 1.29 is 18.7 Å². The van der Waals surface area contributed by atoms with Gasteiger partial charge in [0.25, 0.3) is 6.43 Å². The first-order chi connectivity index (χ1) is 6.91. The summed E-state index contributed by atoms with van der Waals surface area (Å²) in [4.78, 5) is 14.2. The average Bonchev–Trinajstić information content (AvgIpc) is 2.09. The molecule has 0 bridgehead atoms. The second-order valence-corrected chi connectivity index (χ2v) is 3.07. The number of aliphatic carboxylic acids is 1. The van der Waals surface area contributed by atoms with Gasteiger partial charge in [-0.05, 0) is 13.0 Å². The topological polar surface area (TPSA) is 76.2 Å². The van der Waals surface area contributed by atoms with E-state index in [0.29, 0.717) is 5.69 Å². The van der Waals surface area contributed by atoms with Crippen LogP contribution in [0.2, 0.25) is 0 Å². The molecule has 0 fully saturated rings. The second kappa shape index (κ2) is 4.20. The number of aromatic nitrogens is 1. The molecular formula is C9H10F2N2O2. The summed E-state index contributed by atoms with van der Waals surface area (Å²) in [6.07, 6.45) is -3.30. The number of carboxylic acids is 1. The van der Waals surface area contributed by atoms with E-state index in [2.05, 4.69) is 4.98 Å². The molecule has 0 amide bonds. The van der Waals surface area contributed by atoms with Gasteiger partial charge in [-0.1, -0.05) is 0 Å². The molecule has 15 heavy (non-hydrogen) atoms. The molecule has 4 nitrogen and oxygen atoms in total. The Labute approximate surface area is 84.7 Å². The van der Waals surface area contributed by atoms with E-state index in [1.165, 1.54) is 6.92 Å². The zero-order valence-electron chi connectivity index (χ0n) is 8.00. The molecule has 6 heteroatoms. The number of anilines is 1. The van der Waals surface area contributed by atoms with Gasteiger partial charge in [0, 0.05) is 5.56 Å². The Balaban J connectivity index is 3.21. The molecule has 0 saturated carbocycles. The number of halogens is 2. The summed E-state index contributed by atoms with van der Waals surface area (Å²) in [6, 6.07) is 1.07. The van der Waals surface area contributed by atoms with Crippen molar-refractivity contribution in [3.63, 3.8) is 0 Å². The number of hydrogen-bond donors (Lipinski definition) is 2. The Morgan fingerprint density at radius 3 is 2.73 bits per heavy atom. The molecule has 0 radical (unpaired) electrons. The Morgan fingerprint density at radius 1 is 1.67 bits per heavy atom. The van der Waals surface area contributed by atoms with Crippen molar-refractivity contribution in [1.82, 2.24) is 4.98 Å². The molecule has 0 aliphatic heterocycles. The van der Waals surface area contributed by atoms with E-state index in [1.807, 2.05) is 0 Å². The third-order valence-corrected chi connectivity index (χ3v) is 1.92. The molecule has 0 aliphatic carbocycles. The van der Waals surface area contributed by atoms with Crippen LogP contribution in [0.25, 0.3) is 0 Å². The van der Waals surface area contributed by atoms with Gasteiger partial charge < -0.3 is 10.8 Å². The molecule has 0 aliphatic rings. The fourth-order valence-electron chi connectivity index (χ4n) is 1.16. The lowest BCUT2D eigenvalue weighted by molar-refractivity contribution is -0.136. The number of nitrogens with two attached hydrogens (primary N) is 1. The van der Waals surface area contributed by atoms with E-state index in [4.69, 9.17) is 10.8 Å². The van der Waals surface area contributed by atoms with E-state index in [-0.39, 0.29) is 11.4 Å². The number of carbonyl (C=O) groups is 1. The molecule has 1 rings (SSSR count). The fraction of sp³-hybridized carbons (Fsp3) is 0.333. The van der Waals surface area contributed by atoms with E-state index < -0.39 is 24.4 Å². The smallest absolute Gasteiger partial charge is 0.309 e. The van der Waals surface area contributed by atoms with Gasteiger partial charge in [0.05, 0.1) is 23.5 Å². The van der Waals surface area contributed by atoms with Gasteiger partial charge in [0.2, 0.25) is 0 Å². The lowest BCUT2D eigenvalue weighted by Crippen LogP contribution is -2.09. The summed E-state index contributed by atoms with van der Waals surface area (Å²) in [7, 11) is 0. The quantitative estimate of drug-likeness (QED) is 0.803. The zero-order valence-corrected chi connectivity index (χ0v) is 8.00. The minimum absolute atomic E-state index is 0.135. The number of hydrogen-bond acceptors (Lipinski definition) is 3. The van der Waals surface area contributed by atoms with E-state index >= 15 is 0 Å². The molecule has 1 aromatic rings. The van der Waals surface area contributed by atoms with Crippen LogP contribution >= 0.6 is 0 Å². The van der Waals surface area contributed by atoms with Crippen LogP contribution in [0.5, 0.6) is 0 Å². The summed E-state index contributed by atoms with van der Waals surface area (Å²) in [5.74, 6) is -1.20. The van der Waals surface area contributed by atoms with Crippen molar-refractivity contribution in [3.05, 3.63) is 23.0 Å². The Bertz CT molecular complexity index is 394. The maximum Gasteiger partial charge on any atom is 0.309 e.